The van der Waals surface area contributed by atoms with E-state index in [2.05, 4.69) is 4.98 Å². The molecule has 5 nitrogen and oxygen atoms in total. The molecular weight excluding hydrogens is 328 g/mol. The van der Waals surface area contributed by atoms with Gasteiger partial charge in [-0.2, -0.15) is 0 Å². The molecule has 1 amide bonds. The molecule has 4 rings (SSSR count). The second-order valence-electron chi connectivity index (χ2n) is 6.44. The van der Waals surface area contributed by atoms with E-state index in [0.29, 0.717) is 25.3 Å². The Morgan fingerprint density at radius 3 is 2.62 bits per heavy atom. The summed E-state index contributed by atoms with van der Waals surface area (Å²) in [4.78, 5) is 30.5. The normalized spacial score (nSPS) is 16.3. The van der Waals surface area contributed by atoms with Gasteiger partial charge in [0, 0.05) is 23.9 Å². The molecular formula is C21H20N2O3. The van der Waals surface area contributed by atoms with Crippen LogP contribution in [0, 0.1) is 0 Å². The van der Waals surface area contributed by atoms with Crippen molar-refractivity contribution in [3.05, 3.63) is 71.4 Å². The number of aromatic amines is 1. The number of amides is 1. The maximum absolute atomic E-state index is 13.2. The van der Waals surface area contributed by atoms with Crippen LogP contribution in [0.5, 0.6) is 0 Å². The van der Waals surface area contributed by atoms with Gasteiger partial charge in [-0.3, -0.25) is 4.79 Å². The Labute approximate surface area is 151 Å². The van der Waals surface area contributed by atoms with Crippen LogP contribution in [0.4, 0.5) is 0 Å². The highest BCUT2D eigenvalue weighted by atomic mass is 16.5. The Kier molecular flexibility index (Phi) is 4.21. The predicted molar refractivity (Wildman–Crippen MR) is 98.7 cm³/mol. The number of H-pyrrole nitrogens is 1. The fourth-order valence-corrected chi connectivity index (χ4v) is 3.53. The van der Waals surface area contributed by atoms with Crippen molar-refractivity contribution in [1.82, 2.24) is 9.88 Å². The summed E-state index contributed by atoms with van der Waals surface area (Å²) in [7, 11) is 0. The van der Waals surface area contributed by atoms with E-state index in [1.54, 1.807) is 11.8 Å². The molecule has 0 aliphatic carbocycles. The van der Waals surface area contributed by atoms with Crippen LogP contribution in [-0.2, 0) is 22.5 Å². The van der Waals surface area contributed by atoms with Gasteiger partial charge < -0.3 is 14.6 Å². The van der Waals surface area contributed by atoms with E-state index in [1.807, 2.05) is 54.6 Å². The number of nitrogens with zero attached hydrogens (tertiary/aromatic N) is 1. The van der Waals surface area contributed by atoms with Crippen molar-refractivity contribution in [3.8, 4) is 0 Å². The molecule has 5 heteroatoms. The van der Waals surface area contributed by atoms with Crippen LogP contribution in [-0.4, -0.2) is 34.4 Å². The maximum atomic E-state index is 13.2. The molecule has 1 aromatic heterocycles. The molecule has 1 aliphatic rings. The summed E-state index contributed by atoms with van der Waals surface area (Å²) >= 11 is 0. The second kappa shape index (κ2) is 6.67. The summed E-state index contributed by atoms with van der Waals surface area (Å²) in [6.45, 7) is 2.47. The molecule has 132 valence electrons. The Bertz CT molecular complexity index is 943. The molecule has 3 aromatic rings. The van der Waals surface area contributed by atoms with E-state index >= 15 is 0 Å². The molecule has 0 radical (unpaired) electrons. The molecule has 2 aromatic carbocycles. The highest BCUT2D eigenvalue weighted by Gasteiger charge is 2.36. The van der Waals surface area contributed by atoms with Crippen molar-refractivity contribution in [2.45, 2.75) is 25.9 Å². The topological polar surface area (TPSA) is 62.4 Å². The lowest BCUT2D eigenvalue weighted by molar-refractivity contribution is -0.149. The fraction of sp³-hybridized carbons (Fsp3) is 0.238. The largest absolute Gasteiger partial charge is 0.464 e. The summed E-state index contributed by atoms with van der Waals surface area (Å²) in [5, 5.41) is 0.973. The average Bonchev–Trinajstić information content (AvgIpc) is 3.10. The van der Waals surface area contributed by atoms with Crippen LogP contribution in [0.15, 0.2) is 54.6 Å². The number of rotatable bonds is 3. The minimum Gasteiger partial charge on any atom is -0.464 e. The molecule has 1 N–H and O–H groups in total. The molecule has 0 fully saturated rings. The number of carbonyl (C=O) groups excluding carboxylic acids is 2. The third kappa shape index (κ3) is 2.86. The zero-order chi connectivity index (χ0) is 18.1. The summed E-state index contributed by atoms with van der Waals surface area (Å²) in [5.74, 6) is -0.541. The number of esters is 1. The third-order valence-electron chi connectivity index (χ3n) is 4.83. The molecule has 0 saturated heterocycles. The number of para-hydroxylation sites is 1. The zero-order valence-electron chi connectivity index (χ0n) is 14.6. The Morgan fingerprint density at radius 1 is 1.12 bits per heavy atom. The van der Waals surface area contributed by atoms with E-state index in [9.17, 15) is 9.59 Å². The first-order valence-electron chi connectivity index (χ1n) is 8.79. The van der Waals surface area contributed by atoms with Gasteiger partial charge in [0.25, 0.3) is 5.91 Å². The van der Waals surface area contributed by atoms with Gasteiger partial charge in [-0.1, -0.05) is 42.5 Å². The third-order valence-corrected chi connectivity index (χ3v) is 4.83. The summed E-state index contributed by atoms with van der Waals surface area (Å²) < 4.78 is 5.23. The first kappa shape index (κ1) is 16.4. The van der Waals surface area contributed by atoms with Gasteiger partial charge in [0.05, 0.1) is 6.61 Å². The lowest BCUT2D eigenvalue weighted by atomic mass is 9.93. The molecule has 0 spiro atoms. The number of fused-ring (bicyclic) bond motifs is 2. The van der Waals surface area contributed by atoms with E-state index in [-0.39, 0.29) is 11.9 Å². The lowest BCUT2D eigenvalue weighted by Gasteiger charge is -2.35. The van der Waals surface area contributed by atoms with Crippen molar-refractivity contribution in [2.24, 2.45) is 0 Å². The van der Waals surface area contributed by atoms with Crippen LogP contribution in [0.1, 0.15) is 28.5 Å². The van der Waals surface area contributed by atoms with E-state index in [1.165, 1.54) is 0 Å². The number of carbonyl (C=O) groups is 2. The van der Waals surface area contributed by atoms with Gasteiger partial charge in [-0.05, 0) is 30.2 Å². The minimum atomic E-state index is -0.608. The van der Waals surface area contributed by atoms with Crippen LogP contribution in [0.25, 0.3) is 10.9 Å². The van der Waals surface area contributed by atoms with Crippen LogP contribution < -0.4 is 0 Å². The highest BCUT2D eigenvalue weighted by molar-refractivity contribution is 6.00. The van der Waals surface area contributed by atoms with E-state index in [0.717, 1.165) is 22.0 Å². The van der Waals surface area contributed by atoms with E-state index < -0.39 is 6.04 Å². The first-order valence-corrected chi connectivity index (χ1v) is 8.79. The van der Waals surface area contributed by atoms with Gasteiger partial charge in [-0.25, -0.2) is 4.79 Å². The predicted octanol–water partition coefficient (Wildman–Crippen LogP) is 3.30. The Balaban J connectivity index is 1.71. The van der Waals surface area contributed by atoms with Gasteiger partial charge in [-0.15, -0.1) is 0 Å². The molecule has 0 saturated carbocycles. The maximum Gasteiger partial charge on any atom is 0.329 e. The van der Waals surface area contributed by atoms with Crippen LogP contribution in [0.2, 0.25) is 0 Å². The molecule has 1 unspecified atom stereocenters. The fourth-order valence-electron chi connectivity index (χ4n) is 3.53. The summed E-state index contributed by atoms with van der Waals surface area (Å²) in [5.41, 5.74) is 3.55. The zero-order valence-corrected chi connectivity index (χ0v) is 14.6. The highest BCUT2D eigenvalue weighted by Crippen LogP contribution is 2.26. The Morgan fingerprint density at radius 2 is 1.85 bits per heavy atom. The standard InChI is InChI=1S/C21H20N2O3/c1-2-26-21(25)19-12-14-7-3-4-9-16(14)13-23(19)20(24)18-11-15-8-5-6-10-17(15)22-18/h3-11,19,22H,2,12-13H2,1H3. The summed E-state index contributed by atoms with van der Waals surface area (Å²) in [6.07, 6.45) is 0.473. The van der Waals surface area contributed by atoms with E-state index in [4.69, 9.17) is 4.74 Å². The number of ether oxygens (including phenoxy) is 1. The van der Waals surface area contributed by atoms with Crippen molar-refractivity contribution >= 4 is 22.8 Å². The van der Waals surface area contributed by atoms with Crippen molar-refractivity contribution in [1.29, 1.82) is 0 Å². The molecule has 2 heterocycles. The van der Waals surface area contributed by atoms with Gasteiger partial charge in [0.1, 0.15) is 11.7 Å². The minimum absolute atomic E-state index is 0.186. The SMILES string of the molecule is CCOC(=O)C1Cc2ccccc2CN1C(=O)c1cc2ccccc2[nH]1. The van der Waals surface area contributed by atoms with Crippen molar-refractivity contribution < 1.29 is 14.3 Å². The lowest BCUT2D eigenvalue weighted by Crippen LogP contribution is -2.49. The Hall–Kier alpha value is -3.08. The van der Waals surface area contributed by atoms with Crippen LogP contribution >= 0.6 is 0 Å². The summed E-state index contributed by atoms with van der Waals surface area (Å²) in [6, 6.07) is 16.9. The second-order valence-corrected chi connectivity index (χ2v) is 6.44. The number of hydrogen-bond donors (Lipinski definition) is 1. The van der Waals surface area contributed by atoms with Crippen molar-refractivity contribution in [3.63, 3.8) is 0 Å². The number of nitrogens with one attached hydrogen (secondary N) is 1. The monoisotopic (exact) mass is 348 g/mol. The molecule has 0 bridgehead atoms. The smallest absolute Gasteiger partial charge is 0.329 e. The molecule has 26 heavy (non-hydrogen) atoms. The van der Waals surface area contributed by atoms with Crippen molar-refractivity contribution in [2.75, 3.05) is 6.61 Å². The quantitative estimate of drug-likeness (QED) is 0.739. The first-order chi connectivity index (χ1) is 12.7. The molecule has 1 aliphatic heterocycles. The average molecular weight is 348 g/mol. The van der Waals surface area contributed by atoms with Gasteiger partial charge in [0.15, 0.2) is 0 Å². The van der Waals surface area contributed by atoms with Gasteiger partial charge >= 0.3 is 5.97 Å². The number of benzene rings is 2. The van der Waals surface area contributed by atoms with Crippen LogP contribution in [0.3, 0.4) is 0 Å². The molecule has 1 atom stereocenters. The number of aromatic nitrogens is 1. The van der Waals surface area contributed by atoms with Gasteiger partial charge in [0.2, 0.25) is 0 Å². The number of hydrogen-bond acceptors (Lipinski definition) is 3.